The van der Waals surface area contributed by atoms with Gasteiger partial charge in [-0.25, -0.2) is 0 Å². The maximum atomic E-state index is 11.3. The zero-order valence-electron chi connectivity index (χ0n) is 11.4. The number of anilines is 2. The highest BCUT2D eigenvalue weighted by Gasteiger charge is 2.47. The number of nitrogens with zero attached hydrogens (tertiary/aromatic N) is 1. The standard InChI is InChI=1S/C17H16N2O2/c20-17(21)14-10-13-12-8-4-5-9-15(12)19(16(13)18-14)11-6-2-1-3-7-11/h1-9,13-14,16,18H,10H2,(H,20,21)/t13-,14+,16+/m1/s1. The highest BCUT2D eigenvalue weighted by atomic mass is 16.4. The summed E-state index contributed by atoms with van der Waals surface area (Å²) in [7, 11) is 0. The minimum atomic E-state index is -0.769. The van der Waals surface area contributed by atoms with Crippen LogP contribution in [0, 0.1) is 0 Å². The molecule has 0 spiro atoms. The number of carbonyl (C=O) groups is 1. The van der Waals surface area contributed by atoms with E-state index in [2.05, 4.69) is 34.5 Å². The summed E-state index contributed by atoms with van der Waals surface area (Å²) < 4.78 is 0. The van der Waals surface area contributed by atoms with E-state index < -0.39 is 12.0 Å². The molecule has 0 saturated carbocycles. The first-order chi connectivity index (χ1) is 10.3. The Balaban J connectivity index is 1.81. The van der Waals surface area contributed by atoms with Crippen LogP contribution in [0.4, 0.5) is 11.4 Å². The van der Waals surface area contributed by atoms with Gasteiger partial charge in [0.1, 0.15) is 6.04 Å². The first-order valence-corrected chi connectivity index (χ1v) is 7.18. The number of hydrogen-bond acceptors (Lipinski definition) is 3. The van der Waals surface area contributed by atoms with Crippen molar-refractivity contribution in [1.82, 2.24) is 5.32 Å². The number of hydrogen-bond donors (Lipinski definition) is 2. The van der Waals surface area contributed by atoms with Crippen molar-refractivity contribution in [3.05, 3.63) is 60.2 Å². The van der Waals surface area contributed by atoms with E-state index >= 15 is 0 Å². The molecule has 2 heterocycles. The van der Waals surface area contributed by atoms with Gasteiger partial charge in [0.2, 0.25) is 0 Å². The molecule has 2 aromatic rings. The molecule has 3 atom stereocenters. The van der Waals surface area contributed by atoms with Crippen molar-refractivity contribution < 1.29 is 9.90 Å². The van der Waals surface area contributed by atoms with Crippen LogP contribution in [0.3, 0.4) is 0 Å². The molecule has 2 aromatic carbocycles. The Morgan fingerprint density at radius 3 is 2.57 bits per heavy atom. The van der Waals surface area contributed by atoms with Gasteiger partial charge in [-0.05, 0) is 30.2 Å². The van der Waals surface area contributed by atoms with Crippen LogP contribution in [-0.4, -0.2) is 23.3 Å². The lowest BCUT2D eigenvalue weighted by Crippen LogP contribution is -2.43. The Bertz CT molecular complexity index is 686. The molecular weight excluding hydrogens is 264 g/mol. The van der Waals surface area contributed by atoms with Crippen molar-refractivity contribution in [2.24, 2.45) is 0 Å². The molecular formula is C17H16N2O2. The van der Waals surface area contributed by atoms with Gasteiger partial charge in [0.05, 0.1) is 6.17 Å². The smallest absolute Gasteiger partial charge is 0.320 e. The molecule has 4 rings (SSSR count). The molecule has 106 valence electrons. The van der Waals surface area contributed by atoms with Crippen molar-refractivity contribution >= 4 is 17.3 Å². The van der Waals surface area contributed by atoms with E-state index in [0.717, 1.165) is 5.69 Å². The van der Waals surface area contributed by atoms with Gasteiger partial charge in [-0.3, -0.25) is 10.1 Å². The quantitative estimate of drug-likeness (QED) is 0.888. The number of rotatable bonds is 2. The Labute approximate surface area is 123 Å². The van der Waals surface area contributed by atoms with E-state index in [0.29, 0.717) is 6.42 Å². The topological polar surface area (TPSA) is 52.6 Å². The van der Waals surface area contributed by atoms with Crippen molar-refractivity contribution in [2.75, 3.05) is 4.90 Å². The largest absolute Gasteiger partial charge is 0.480 e. The van der Waals surface area contributed by atoms with Gasteiger partial charge >= 0.3 is 5.97 Å². The Hall–Kier alpha value is -2.33. The predicted molar refractivity (Wildman–Crippen MR) is 80.7 cm³/mol. The van der Waals surface area contributed by atoms with Gasteiger partial charge in [0.25, 0.3) is 0 Å². The molecule has 4 heteroatoms. The fourth-order valence-electron chi connectivity index (χ4n) is 3.56. The number of fused-ring (bicyclic) bond motifs is 3. The highest BCUT2D eigenvalue weighted by Crippen LogP contribution is 2.48. The lowest BCUT2D eigenvalue weighted by molar-refractivity contribution is -0.139. The Morgan fingerprint density at radius 1 is 1.10 bits per heavy atom. The number of benzene rings is 2. The van der Waals surface area contributed by atoms with Crippen LogP contribution >= 0.6 is 0 Å². The first kappa shape index (κ1) is 12.4. The van der Waals surface area contributed by atoms with Crippen LogP contribution in [0.5, 0.6) is 0 Å². The summed E-state index contributed by atoms with van der Waals surface area (Å²) in [6, 6.07) is 17.9. The molecule has 0 aliphatic carbocycles. The molecule has 0 amide bonds. The van der Waals surface area contributed by atoms with E-state index in [4.69, 9.17) is 0 Å². The summed E-state index contributed by atoms with van der Waals surface area (Å²) in [4.78, 5) is 13.5. The monoisotopic (exact) mass is 280 g/mol. The zero-order valence-corrected chi connectivity index (χ0v) is 11.4. The molecule has 0 radical (unpaired) electrons. The third kappa shape index (κ3) is 1.83. The van der Waals surface area contributed by atoms with Gasteiger partial charge in [-0.15, -0.1) is 0 Å². The van der Waals surface area contributed by atoms with Gasteiger partial charge < -0.3 is 10.0 Å². The molecule has 1 saturated heterocycles. The maximum Gasteiger partial charge on any atom is 0.320 e. The minimum absolute atomic E-state index is 0.0194. The average molecular weight is 280 g/mol. The van der Waals surface area contributed by atoms with Crippen LogP contribution in [-0.2, 0) is 4.79 Å². The van der Waals surface area contributed by atoms with Gasteiger partial charge in [0, 0.05) is 17.3 Å². The normalized spacial score (nSPS) is 26.5. The zero-order chi connectivity index (χ0) is 14.4. The Morgan fingerprint density at radius 2 is 1.81 bits per heavy atom. The number of carboxylic acids is 1. The van der Waals surface area contributed by atoms with Gasteiger partial charge in [-0.2, -0.15) is 0 Å². The first-order valence-electron chi connectivity index (χ1n) is 7.18. The Kier molecular flexibility index (Phi) is 2.72. The lowest BCUT2D eigenvalue weighted by atomic mass is 9.96. The summed E-state index contributed by atoms with van der Waals surface area (Å²) >= 11 is 0. The van der Waals surface area contributed by atoms with Crippen LogP contribution < -0.4 is 10.2 Å². The van der Waals surface area contributed by atoms with Crippen LogP contribution in [0.1, 0.15) is 17.9 Å². The molecule has 21 heavy (non-hydrogen) atoms. The van der Waals surface area contributed by atoms with Crippen LogP contribution in [0.15, 0.2) is 54.6 Å². The third-order valence-corrected chi connectivity index (χ3v) is 4.45. The van der Waals surface area contributed by atoms with Crippen LogP contribution in [0.25, 0.3) is 0 Å². The molecule has 0 aromatic heterocycles. The second kappa shape index (κ2) is 4.60. The van der Waals surface area contributed by atoms with Crippen molar-refractivity contribution in [2.45, 2.75) is 24.5 Å². The van der Waals surface area contributed by atoms with E-state index in [-0.39, 0.29) is 12.1 Å². The number of aliphatic carboxylic acids is 1. The second-order valence-electron chi connectivity index (χ2n) is 5.61. The van der Waals surface area contributed by atoms with Crippen molar-refractivity contribution in [3.8, 4) is 0 Å². The van der Waals surface area contributed by atoms with Crippen molar-refractivity contribution in [1.29, 1.82) is 0 Å². The van der Waals surface area contributed by atoms with E-state index in [9.17, 15) is 9.90 Å². The molecule has 1 fully saturated rings. The summed E-state index contributed by atoms with van der Waals surface area (Å²) in [5.41, 5.74) is 3.51. The van der Waals surface area contributed by atoms with E-state index in [1.807, 2.05) is 30.3 Å². The summed E-state index contributed by atoms with van der Waals surface area (Å²) in [6.07, 6.45) is 0.659. The van der Waals surface area contributed by atoms with Gasteiger partial charge in [-0.1, -0.05) is 36.4 Å². The van der Waals surface area contributed by atoms with E-state index in [1.165, 1.54) is 11.3 Å². The summed E-state index contributed by atoms with van der Waals surface area (Å²) in [5.74, 6) is -0.544. The number of para-hydroxylation sites is 2. The van der Waals surface area contributed by atoms with E-state index in [1.54, 1.807) is 0 Å². The molecule has 0 bridgehead atoms. The fraction of sp³-hybridized carbons (Fsp3) is 0.235. The van der Waals surface area contributed by atoms with Gasteiger partial charge in [0.15, 0.2) is 0 Å². The van der Waals surface area contributed by atoms with Crippen molar-refractivity contribution in [3.63, 3.8) is 0 Å². The highest BCUT2D eigenvalue weighted by molar-refractivity contribution is 5.78. The predicted octanol–water partition coefficient (Wildman–Crippen LogP) is 2.69. The average Bonchev–Trinajstić information content (AvgIpc) is 3.05. The summed E-state index contributed by atoms with van der Waals surface area (Å²) in [6.45, 7) is 0. The SMILES string of the molecule is O=C(O)[C@@H]1C[C@@H]2c3ccccc3N(c3ccccc3)[C@@H]2N1. The minimum Gasteiger partial charge on any atom is -0.480 e. The molecule has 2 aliphatic heterocycles. The number of nitrogens with one attached hydrogen (secondary N) is 1. The molecule has 4 nitrogen and oxygen atoms in total. The number of carboxylic acid groups (broad SMARTS) is 1. The maximum absolute atomic E-state index is 11.3. The molecule has 2 N–H and O–H groups in total. The van der Waals surface area contributed by atoms with Crippen LogP contribution in [0.2, 0.25) is 0 Å². The molecule has 2 aliphatic rings. The fourth-order valence-corrected chi connectivity index (χ4v) is 3.56. The summed E-state index contributed by atoms with van der Waals surface area (Å²) in [5, 5.41) is 12.6. The third-order valence-electron chi connectivity index (χ3n) is 4.45. The molecule has 0 unspecified atom stereocenters. The second-order valence-corrected chi connectivity index (χ2v) is 5.61. The lowest BCUT2D eigenvalue weighted by Gasteiger charge is -2.27.